The van der Waals surface area contributed by atoms with Gasteiger partial charge >= 0.3 is 0 Å². The number of benzene rings is 1. The van der Waals surface area contributed by atoms with Crippen molar-refractivity contribution in [2.75, 3.05) is 0 Å². The van der Waals surface area contributed by atoms with Crippen LogP contribution in [0.2, 0.25) is 5.02 Å². The van der Waals surface area contributed by atoms with E-state index in [1.54, 1.807) is 12.1 Å². The minimum atomic E-state index is 0.712. The van der Waals surface area contributed by atoms with Gasteiger partial charge in [-0.3, -0.25) is 0 Å². The van der Waals surface area contributed by atoms with Crippen LogP contribution < -0.4 is 4.73 Å². The van der Waals surface area contributed by atoms with E-state index in [1.165, 1.54) is 12.4 Å². The molecule has 0 aliphatic heterocycles. The molecule has 0 atom stereocenters. The van der Waals surface area contributed by atoms with Crippen molar-refractivity contribution in [1.82, 2.24) is 0 Å². The molecule has 0 fully saturated rings. The normalized spacial score (nSPS) is 10.1. The van der Waals surface area contributed by atoms with Crippen LogP contribution >= 0.6 is 11.6 Å². The molecule has 0 saturated carbocycles. The molecule has 0 N–H and O–H groups in total. The van der Waals surface area contributed by atoms with Gasteiger partial charge in [0.15, 0.2) is 12.4 Å². The van der Waals surface area contributed by atoms with Crippen LogP contribution in [0.5, 0.6) is 0 Å². The third-order valence-corrected chi connectivity index (χ3v) is 2.23. The minimum absolute atomic E-state index is 0.712. The van der Waals surface area contributed by atoms with E-state index in [1.807, 2.05) is 24.3 Å². The maximum atomic E-state index is 10.8. The number of halogens is 1. The van der Waals surface area contributed by atoms with E-state index in [0.717, 1.165) is 15.9 Å². The molecule has 2 aromatic rings. The Morgan fingerprint density at radius 3 is 1.93 bits per heavy atom. The molecule has 0 amide bonds. The fourth-order valence-corrected chi connectivity index (χ4v) is 1.37. The third-order valence-electron chi connectivity index (χ3n) is 1.98. The minimum Gasteiger partial charge on any atom is -0.619 e. The second-order valence-corrected chi connectivity index (χ2v) is 3.39. The molecule has 0 saturated heterocycles. The molecule has 0 aliphatic carbocycles. The molecular weight excluding hydrogens is 198 g/mol. The summed E-state index contributed by atoms with van der Waals surface area (Å²) in [5, 5.41) is 11.5. The van der Waals surface area contributed by atoms with Crippen molar-refractivity contribution in [3.05, 3.63) is 59.0 Å². The number of rotatable bonds is 1. The molecule has 1 heterocycles. The first kappa shape index (κ1) is 9.03. The smallest absolute Gasteiger partial charge is 0.180 e. The van der Waals surface area contributed by atoms with Gasteiger partial charge in [0.2, 0.25) is 0 Å². The summed E-state index contributed by atoms with van der Waals surface area (Å²) < 4.78 is 0.763. The highest BCUT2D eigenvalue weighted by Crippen LogP contribution is 2.19. The first-order valence-electron chi connectivity index (χ1n) is 4.20. The van der Waals surface area contributed by atoms with Crippen LogP contribution in [-0.2, 0) is 0 Å². The predicted octanol–water partition coefficient (Wildman–Crippen LogP) is 2.64. The number of hydrogen-bond donors (Lipinski definition) is 0. The van der Waals surface area contributed by atoms with E-state index in [-0.39, 0.29) is 0 Å². The summed E-state index contributed by atoms with van der Waals surface area (Å²) in [5.74, 6) is 0. The Bertz CT molecular complexity index is 379. The molecule has 0 unspecified atom stereocenters. The van der Waals surface area contributed by atoms with Crippen molar-refractivity contribution in [2.24, 2.45) is 0 Å². The number of hydrogen-bond acceptors (Lipinski definition) is 1. The van der Waals surface area contributed by atoms with Crippen LogP contribution in [0.1, 0.15) is 0 Å². The fraction of sp³-hybridized carbons (Fsp3) is 0. The van der Waals surface area contributed by atoms with Crippen LogP contribution in [0.3, 0.4) is 0 Å². The quantitative estimate of drug-likeness (QED) is 0.519. The van der Waals surface area contributed by atoms with Crippen LogP contribution in [0.4, 0.5) is 0 Å². The molecule has 0 radical (unpaired) electrons. The lowest BCUT2D eigenvalue weighted by Gasteiger charge is -2.01. The van der Waals surface area contributed by atoms with Crippen LogP contribution in [0.15, 0.2) is 48.8 Å². The largest absolute Gasteiger partial charge is 0.619 e. The fourth-order valence-electron chi connectivity index (χ4n) is 1.25. The lowest BCUT2D eigenvalue weighted by atomic mass is 10.1. The standard InChI is InChI=1S/C11H8ClNO/c12-11-3-1-9(2-4-11)10-5-7-13(14)8-6-10/h1-8H. The molecule has 2 rings (SSSR count). The summed E-state index contributed by atoms with van der Waals surface area (Å²) in [4.78, 5) is 0. The summed E-state index contributed by atoms with van der Waals surface area (Å²) >= 11 is 5.77. The third kappa shape index (κ3) is 1.86. The highest BCUT2D eigenvalue weighted by molar-refractivity contribution is 6.30. The van der Waals surface area contributed by atoms with Crippen LogP contribution in [0.25, 0.3) is 11.1 Å². The zero-order chi connectivity index (χ0) is 9.97. The Morgan fingerprint density at radius 1 is 0.857 bits per heavy atom. The molecule has 1 aromatic carbocycles. The second-order valence-electron chi connectivity index (χ2n) is 2.95. The topological polar surface area (TPSA) is 26.9 Å². The molecule has 3 heteroatoms. The van der Waals surface area contributed by atoms with E-state index in [4.69, 9.17) is 11.6 Å². The monoisotopic (exact) mass is 205 g/mol. The first-order valence-corrected chi connectivity index (χ1v) is 4.58. The van der Waals surface area contributed by atoms with Crippen molar-refractivity contribution >= 4 is 11.6 Å². The Hall–Kier alpha value is -1.54. The van der Waals surface area contributed by atoms with Gasteiger partial charge in [-0.2, -0.15) is 4.73 Å². The predicted molar refractivity (Wildman–Crippen MR) is 55.8 cm³/mol. The van der Waals surface area contributed by atoms with E-state index >= 15 is 0 Å². The zero-order valence-corrected chi connectivity index (χ0v) is 8.11. The summed E-state index contributed by atoms with van der Waals surface area (Å²) in [6.45, 7) is 0. The molecule has 1 aromatic heterocycles. The van der Waals surface area contributed by atoms with Gasteiger partial charge in [0.1, 0.15) is 0 Å². The van der Waals surface area contributed by atoms with Gasteiger partial charge < -0.3 is 5.21 Å². The molecule has 0 aliphatic rings. The molecule has 2 nitrogen and oxygen atoms in total. The van der Waals surface area contributed by atoms with Gasteiger partial charge in [-0.1, -0.05) is 23.7 Å². The maximum Gasteiger partial charge on any atom is 0.180 e. The summed E-state index contributed by atoms with van der Waals surface area (Å²) in [6, 6.07) is 11.1. The van der Waals surface area contributed by atoms with Crippen molar-refractivity contribution in [3.8, 4) is 11.1 Å². The maximum absolute atomic E-state index is 10.8. The molecule has 14 heavy (non-hydrogen) atoms. The van der Waals surface area contributed by atoms with E-state index in [2.05, 4.69) is 0 Å². The van der Waals surface area contributed by atoms with E-state index < -0.39 is 0 Å². The van der Waals surface area contributed by atoms with E-state index in [0.29, 0.717) is 5.02 Å². The van der Waals surface area contributed by atoms with Crippen LogP contribution in [0, 0.1) is 5.21 Å². The Balaban J connectivity index is 2.40. The Morgan fingerprint density at radius 2 is 1.36 bits per heavy atom. The number of nitrogens with zero attached hydrogens (tertiary/aromatic N) is 1. The average Bonchev–Trinajstić information content (AvgIpc) is 2.21. The highest BCUT2D eigenvalue weighted by Gasteiger charge is 1.98. The molecule has 0 bridgehead atoms. The Labute approximate surface area is 87.0 Å². The number of aromatic nitrogens is 1. The molecule has 70 valence electrons. The average molecular weight is 206 g/mol. The van der Waals surface area contributed by atoms with Gasteiger partial charge in [0, 0.05) is 17.2 Å². The van der Waals surface area contributed by atoms with Crippen molar-refractivity contribution in [3.63, 3.8) is 0 Å². The van der Waals surface area contributed by atoms with Gasteiger partial charge in [-0.05, 0) is 23.3 Å². The second kappa shape index (κ2) is 3.68. The highest BCUT2D eigenvalue weighted by atomic mass is 35.5. The molecule has 0 spiro atoms. The summed E-state index contributed by atoms with van der Waals surface area (Å²) in [5.41, 5.74) is 2.06. The van der Waals surface area contributed by atoms with Gasteiger partial charge in [-0.15, -0.1) is 0 Å². The lowest BCUT2D eigenvalue weighted by molar-refractivity contribution is -0.605. The Kier molecular flexibility index (Phi) is 2.37. The van der Waals surface area contributed by atoms with Gasteiger partial charge in [0.05, 0.1) is 0 Å². The zero-order valence-electron chi connectivity index (χ0n) is 7.35. The van der Waals surface area contributed by atoms with Crippen LogP contribution in [-0.4, -0.2) is 0 Å². The summed E-state index contributed by atoms with van der Waals surface area (Å²) in [7, 11) is 0. The lowest BCUT2D eigenvalue weighted by Crippen LogP contribution is -2.23. The molecular formula is C11H8ClNO. The van der Waals surface area contributed by atoms with Gasteiger partial charge in [-0.25, -0.2) is 0 Å². The van der Waals surface area contributed by atoms with Crippen molar-refractivity contribution in [2.45, 2.75) is 0 Å². The summed E-state index contributed by atoms with van der Waals surface area (Å²) in [6.07, 6.45) is 2.95. The van der Waals surface area contributed by atoms with E-state index in [9.17, 15) is 5.21 Å². The first-order chi connectivity index (χ1) is 6.75. The SMILES string of the molecule is [O-][n+]1ccc(-c2ccc(Cl)cc2)cc1. The number of pyridine rings is 1. The van der Waals surface area contributed by atoms with Gasteiger partial charge in [0.25, 0.3) is 0 Å². The van der Waals surface area contributed by atoms with Crippen molar-refractivity contribution in [1.29, 1.82) is 0 Å². The van der Waals surface area contributed by atoms with Crippen molar-refractivity contribution < 1.29 is 4.73 Å².